The van der Waals surface area contributed by atoms with Gasteiger partial charge in [-0.2, -0.15) is 4.98 Å². The Labute approximate surface area is 231 Å². The highest BCUT2D eigenvalue weighted by Crippen LogP contribution is 2.32. The lowest BCUT2D eigenvalue weighted by Gasteiger charge is -2.32. The summed E-state index contributed by atoms with van der Waals surface area (Å²) >= 11 is 0. The number of rotatable bonds is 7. The number of anilines is 1. The van der Waals surface area contributed by atoms with Crippen LogP contribution >= 0.6 is 0 Å². The Morgan fingerprint density at radius 3 is 2.44 bits per heavy atom. The van der Waals surface area contributed by atoms with Crippen molar-refractivity contribution in [2.45, 2.75) is 70.9 Å². The maximum atomic E-state index is 14.0. The van der Waals surface area contributed by atoms with E-state index in [1.54, 1.807) is 0 Å². The lowest BCUT2D eigenvalue weighted by molar-refractivity contribution is 0.415. The van der Waals surface area contributed by atoms with Crippen molar-refractivity contribution in [1.82, 2.24) is 19.9 Å². The first-order chi connectivity index (χ1) is 19.1. The Bertz CT molecular complexity index is 1500. The SMILES string of the molecule is Cc1ccc(-c2cc3cnc(N4CCC(NCCc5ccccc5)CC4)nc3n(C3CCCC3)c2=O)cc1C. The minimum Gasteiger partial charge on any atom is -0.341 e. The van der Waals surface area contributed by atoms with Gasteiger partial charge in [-0.05, 0) is 80.8 Å². The number of nitrogens with one attached hydrogen (secondary N) is 1. The molecule has 2 fully saturated rings. The van der Waals surface area contributed by atoms with Crippen molar-refractivity contribution in [2.24, 2.45) is 0 Å². The first kappa shape index (κ1) is 25.8. The number of nitrogens with zero attached hydrogens (tertiary/aromatic N) is 4. The van der Waals surface area contributed by atoms with Crippen LogP contribution < -0.4 is 15.8 Å². The fraction of sp³-hybridized carbons (Fsp3) is 0.424. The van der Waals surface area contributed by atoms with Gasteiger partial charge in [0.05, 0.1) is 0 Å². The molecule has 0 atom stereocenters. The van der Waals surface area contributed by atoms with Gasteiger partial charge >= 0.3 is 0 Å². The molecule has 1 aliphatic heterocycles. The molecule has 6 heteroatoms. The number of hydrogen-bond donors (Lipinski definition) is 1. The van der Waals surface area contributed by atoms with Gasteiger partial charge in [0.25, 0.3) is 5.56 Å². The smallest absolute Gasteiger partial charge is 0.260 e. The maximum Gasteiger partial charge on any atom is 0.260 e. The van der Waals surface area contributed by atoms with Crippen molar-refractivity contribution in [3.8, 4) is 11.1 Å². The van der Waals surface area contributed by atoms with Gasteiger partial charge in [0.15, 0.2) is 0 Å². The van der Waals surface area contributed by atoms with E-state index in [-0.39, 0.29) is 11.6 Å². The summed E-state index contributed by atoms with van der Waals surface area (Å²) in [6, 6.07) is 19.7. The predicted octanol–water partition coefficient (Wildman–Crippen LogP) is 5.99. The Hall–Kier alpha value is -3.51. The van der Waals surface area contributed by atoms with Gasteiger partial charge in [0.2, 0.25) is 5.95 Å². The zero-order valence-electron chi connectivity index (χ0n) is 23.2. The quantitative estimate of drug-likeness (QED) is 0.324. The molecule has 0 unspecified atom stereocenters. The van der Waals surface area contributed by atoms with Crippen LogP contribution in [0.1, 0.15) is 61.3 Å². The molecule has 1 saturated carbocycles. The van der Waals surface area contributed by atoms with E-state index in [2.05, 4.69) is 72.6 Å². The summed E-state index contributed by atoms with van der Waals surface area (Å²) in [6.07, 6.45) is 9.50. The van der Waals surface area contributed by atoms with E-state index in [9.17, 15) is 4.79 Å². The summed E-state index contributed by atoms with van der Waals surface area (Å²) in [4.78, 5) is 26.1. The van der Waals surface area contributed by atoms with Crippen LogP contribution in [0.15, 0.2) is 65.6 Å². The van der Waals surface area contributed by atoms with Crippen LogP contribution in [-0.2, 0) is 6.42 Å². The minimum absolute atomic E-state index is 0.0728. The lowest BCUT2D eigenvalue weighted by atomic mass is 10.0. The van der Waals surface area contributed by atoms with Gasteiger partial charge in [-0.25, -0.2) is 4.98 Å². The summed E-state index contributed by atoms with van der Waals surface area (Å²) in [5.41, 5.74) is 6.39. The number of pyridine rings is 1. The molecule has 39 heavy (non-hydrogen) atoms. The lowest BCUT2D eigenvalue weighted by Crippen LogP contribution is -2.43. The van der Waals surface area contributed by atoms with E-state index >= 15 is 0 Å². The molecule has 6 nitrogen and oxygen atoms in total. The fourth-order valence-corrected chi connectivity index (χ4v) is 6.23. The molecule has 2 aliphatic rings. The Morgan fingerprint density at radius 2 is 1.69 bits per heavy atom. The highest BCUT2D eigenvalue weighted by molar-refractivity contribution is 5.82. The fourth-order valence-electron chi connectivity index (χ4n) is 6.23. The van der Waals surface area contributed by atoms with Crippen LogP contribution in [0, 0.1) is 13.8 Å². The first-order valence-electron chi connectivity index (χ1n) is 14.6. The van der Waals surface area contributed by atoms with Crippen molar-refractivity contribution in [2.75, 3.05) is 24.5 Å². The molecule has 3 heterocycles. The van der Waals surface area contributed by atoms with Crippen LogP contribution in [-0.4, -0.2) is 40.2 Å². The molecule has 1 aliphatic carbocycles. The molecule has 2 aromatic carbocycles. The van der Waals surface area contributed by atoms with Gasteiger partial charge < -0.3 is 10.2 Å². The monoisotopic (exact) mass is 521 g/mol. The number of aromatic nitrogens is 3. The average molecular weight is 522 g/mol. The zero-order valence-corrected chi connectivity index (χ0v) is 23.2. The van der Waals surface area contributed by atoms with E-state index in [0.29, 0.717) is 6.04 Å². The van der Waals surface area contributed by atoms with Crippen LogP contribution in [0.25, 0.3) is 22.2 Å². The second-order valence-electron chi connectivity index (χ2n) is 11.4. The number of piperidine rings is 1. The summed E-state index contributed by atoms with van der Waals surface area (Å²) in [7, 11) is 0. The third kappa shape index (κ3) is 5.48. The third-order valence-electron chi connectivity index (χ3n) is 8.74. The molecule has 1 saturated heterocycles. The molecule has 4 aromatic rings. The van der Waals surface area contributed by atoms with Crippen molar-refractivity contribution >= 4 is 17.0 Å². The van der Waals surface area contributed by atoms with Crippen LogP contribution in [0.2, 0.25) is 0 Å². The average Bonchev–Trinajstić information content (AvgIpc) is 3.49. The third-order valence-corrected chi connectivity index (χ3v) is 8.74. The summed E-state index contributed by atoms with van der Waals surface area (Å²) in [5, 5.41) is 4.68. The molecule has 0 bridgehead atoms. The minimum atomic E-state index is 0.0728. The van der Waals surface area contributed by atoms with E-state index in [4.69, 9.17) is 9.97 Å². The van der Waals surface area contributed by atoms with Crippen molar-refractivity contribution < 1.29 is 0 Å². The molecular formula is C33H39N5O. The predicted molar refractivity (Wildman–Crippen MR) is 160 cm³/mol. The van der Waals surface area contributed by atoms with E-state index in [1.807, 2.05) is 16.8 Å². The van der Waals surface area contributed by atoms with Gasteiger partial charge in [-0.1, -0.05) is 61.4 Å². The Morgan fingerprint density at radius 1 is 0.923 bits per heavy atom. The van der Waals surface area contributed by atoms with Crippen molar-refractivity contribution in [1.29, 1.82) is 0 Å². The van der Waals surface area contributed by atoms with Gasteiger partial charge in [0.1, 0.15) is 5.65 Å². The normalized spacial score (nSPS) is 16.8. The van der Waals surface area contributed by atoms with Crippen molar-refractivity contribution in [3.05, 3.63) is 87.8 Å². The number of fused-ring (bicyclic) bond motifs is 1. The second-order valence-corrected chi connectivity index (χ2v) is 11.4. The largest absolute Gasteiger partial charge is 0.341 e. The molecule has 0 radical (unpaired) electrons. The zero-order chi connectivity index (χ0) is 26.8. The van der Waals surface area contributed by atoms with Gasteiger partial charge in [-0.3, -0.25) is 9.36 Å². The van der Waals surface area contributed by atoms with Crippen LogP contribution in [0.4, 0.5) is 5.95 Å². The van der Waals surface area contributed by atoms with Gasteiger partial charge in [-0.15, -0.1) is 0 Å². The van der Waals surface area contributed by atoms with Gasteiger partial charge in [0, 0.05) is 42.3 Å². The molecule has 0 spiro atoms. The van der Waals surface area contributed by atoms with Crippen LogP contribution in [0.5, 0.6) is 0 Å². The Kier molecular flexibility index (Phi) is 7.47. The maximum absolute atomic E-state index is 14.0. The van der Waals surface area contributed by atoms with Crippen molar-refractivity contribution in [3.63, 3.8) is 0 Å². The van der Waals surface area contributed by atoms with Crippen LogP contribution in [0.3, 0.4) is 0 Å². The number of hydrogen-bond acceptors (Lipinski definition) is 5. The van der Waals surface area contributed by atoms with E-state index in [1.165, 1.54) is 16.7 Å². The van der Waals surface area contributed by atoms with E-state index < -0.39 is 0 Å². The summed E-state index contributed by atoms with van der Waals surface area (Å²) in [6.45, 7) is 7.05. The Balaban J connectivity index is 1.23. The number of aryl methyl sites for hydroxylation is 2. The molecule has 1 N–H and O–H groups in total. The topological polar surface area (TPSA) is 63.1 Å². The first-order valence-corrected chi connectivity index (χ1v) is 14.6. The molecular weight excluding hydrogens is 482 g/mol. The van der Waals surface area contributed by atoms with E-state index in [0.717, 1.165) is 92.7 Å². The highest BCUT2D eigenvalue weighted by Gasteiger charge is 2.25. The highest BCUT2D eigenvalue weighted by atomic mass is 16.1. The summed E-state index contributed by atoms with van der Waals surface area (Å²) in [5.74, 6) is 0.746. The molecule has 2 aromatic heterocycles. The summed E-state index contributed by atoms with van der Waals surface area (Å²) < 4.78 is 2.00. The standard InChI is InChI=1S/C33H39N5O/c1-23-12-13-26(20-24(23)2)30-21-27-22-35-33(36-31(27)38(32(30)39)29-10-6-7-11-29)37-18-15-28(16-19-37)34-17-14-25-8-4-3-5-9-25/h3-5,8-9,12-13,20-22,28-29,34H,6-7,10-11,14-19H2,1-2H3. The molecule has 0 amide bonds. The second kappa shape index (κ2) is 11.3. The molecule has 202 valence electrons. The molecule has 6 rings (SSSR count). The number of benzene rings is 2.